The monoisotopic (exact) mass is 329 g/mol. The molecule has 0 unspecified atom stereocenters. The molecule has 1 saturated heterocycles. The predicted octanol–water partition coefficient (Wildman–Crippen LogP) is 1.52. The van der Waals surface area contributed by atoms with Gasteiger partial charge in [0.15, 0.2) is 0 Å². The van der Waals surface area contributed by atoms with Crippen LogP contribution in [0.1, 0.15) is 16.4 Å². The maximum Gasteiger partial charge on any atom is 0.254 e. The second kappa shape index (κ2) is 5.86. The van der Waals surface area contributed by atoms with Gasteiger partial charge in [-0.1, -0.05) is 0 Å². The second-order valence-electron chi connectivity index (χ2n) is 5.85. The van der Waals surface area contributed by atoms with E-state index >= 15 is 0 Å². The van der Waals surface area contributed by atoms with Crippen LogP contribution in [0.25, 0.3) is 5.78 Å². The Morgan fingerprint density at radius 3 is 2.70 bits per heavy atom. The van der Waals surface area contributed by atoms with Crippen molar-refractivity contribution in [2.75, 3.05) is 31.1 Å². The van der Waals surface area contributed by atoms with E-state index in [-0.39, 0.29) is 0 Å². The third-order valence-electron chi connectivity index (χ3n) is 4.11. The lowest BCUT2D eigenvalue weighted by Gasteiger charge is -2.35. The van der Waals surface area contributed by atoms with Crippen LogP contribution in [0.2, 0.25) is 0 Å². The summed E-state index contributed by atoms with van der Waals surface area (Å²) in [7, 11) is 0. The van der Waals surface area contributed by atoms with E-state index in [1.807, 2.05) is 11.4 Å². The predicted molar refractivity (Wildman–Crippen MR) is 89.9 cm³/mol. The minimum absolute atomic E-state index is 0.667. The van der Waals surface area contributed by atoms with Crippen molar-refractivity contribution in [1.82, 2.24) is 29.5 Å². The minimum atomic E-state index is 0.667. The third kappa shape index (κ3) is 2.91. The highest BCUT2D eigenvalue weighted by Gasteiger charge is 2.20. The molecule has 4 rings (SSSR count). The van der Waals surface area contributed by atoms with Crippen LogP contribution in [0.15, 0.2) is 17.8 Å². The zero-order valence-electron chi connectivity index (χ0n) is 13.3. The summed E-state index contributed by atoms with van der Waals surface area (Å²) < 4.78 is 1.83. The molecule has 8 heteroatoms. The molecule has 7 nitrogen and oxygen atoms in total. The van der Waals surface area contributed by atoms with Gasteiger partial charge in [-0.15, -0.1) is 11.3 Å². The summed E-state index contributed by atoms with van der Waals surface area (Å²) in [5.41, 5.74) is 2.15. The van der Waals surface area contributed by atoms with Gasteiger partial charge in [0.25, 0.3) is 5.78 Å². The number of piperazine rings is 1. The summed E-state index contributed by atoms with van der Waals surface area (Å²) in [6.45, 7) is 8.98. The van der Waals surface area contributed by atoms with Crippen LogP contribution in [-0.4, -0.2) is 55.6 Å². The molecule has 0 saturated carbocycles. The summed E-state index contributed by atoms with van der Waals surface area (Å²) in [5, 5.41) is 7.60. The molecule has 0 aromatic carbocycles. The number of anilines is 1. The molecule has 3 aromatic heterocycles. The number of aryl methyl sites for hydroxylation is 2. The number of aromatic nitrogens is 5. The normalized spacial score (nSPS) is 16.3. The van der Waals surface area contributed by atoms with Crippen molar-refractivity contribution in [1.29, 1.82) is 0 Å². The van der Waals surface area contributed by atoms with Gasteiger partial charge >= 0.3 is 0 Å². The number of hydrogen-bond acceptors (Lipinski definition) is 7. The van der Waals surface area contributed by atoms with Gasteiger partial charge in [-0.2, -0.15) is 14.6 Å². The third-order valence-corrected chi connectivity index (χ3v) is 4.93. The average molecular weight is 329 g/mol. The molecule has 0 radical (unpaired) electrons. The summed E-state index contributed by atoms with van der Waals surface area (Å²) in [4.78, 5) is 18.0. The fourth-order valence-corrected chi connectivity index (χ4v) is 3.59. The zero-order chi connectivity index (χ0) is 15.8. The first kappa shape index (κ1) is 14.5. The Kier molecular flexibility index (Phi) is 3.70. The Morgan fingerprint density at radius 1 is 1.13 bits per heavy atom. The van der Waals surface area contributed by atoms with E-state index in [0.29, 0.717) is 5.78 Å². The molecule has 4 heterocycles. The van der Waals surface area contributed by atoms with Crippen molar-refractivity contribution in [2.24, 2.45) is 0 Å². The van der Waals surface area contributed by atoms with Crippen molar-refractivity contribution in [3.8, 4) is 0 Å². The first-order valence-electron chi connectivity index (χ1n) is 7.75. The van der Waals surface area contributed by atoms with Gasteiger partial charge in [0.2, 0.25) is 0 Å². The molecule has 0 bridgehead atoms. The molecule has 3 aromatic rings. The van der Waals surface area contributed by atoms with E-state index < -0.39 is 0 Å². The van der Waals surface area contributed by atoms with Crippen LogP contribution in [0.4, 0.5) is 5.82 Å². The fraction of sp³-hybridized carbons (Fsp3) is 0.467. The van der Waals surface area contributed by atoms with Crippen molar-refractivity contribution in [3.63, 3.8) is 0 Å². The SMILES string of the molecule is Cc1cc(N2CCN(Cc3csc(C)n3)CC2)n2ncnc2n1. The maximum absolute atomic E-state index is 4.56. The Bertz CT molecular complexity index is 816. The van der Waals surface area contributed by atoms with E-state index in [2.05, 4.69) is 48.2 Å². The molecule has 0 amide bonds. The quantitative estimate of drug-likeness (QED) is 0.726. The van der Waals surface area contributed by atoms with Crippen molar-refractivity contribution in [2.45, 2.75) is 20.4 Å². The Morgan fingerprint density at radius 2 is 1.96 bits per heavy atom. The molecule has 23 heavy (non-hydrogen) atoms. The van der Waals surface area contributed by atoms with Crippen LogP contribution in [0.3, 0.4) is 0 Å². The van der Waals surface area contributed by atoms with Crippen molar-refractivity contribution >= 4 is 22.9 Å². The topological polar surface area (TPSA) is 62.5 Å². The average Bonchev–Trinajstić information content (AvgIpc) is 3.16. The molecular weight excluding hydrogens is 310 g/mol. The number of nitrogens with zero attached hydrogens (tertiary/aromatic N) is 7. The summed E-state index contributed by atoms with van der Waals surface area (Å²) >= 11 is 1.72. The lowest BCUT2D eigenvalue weighted by molar-refractivity contribution is 0.246. The lowest BCUT2D eigenvalue weighted by Crippen LogP contribution is -2.46. The Balaban J connectivity index is 1.47. The van der Waals surface area contributed by atoms with Crippen LogP contribution in [-0.2, 0) is 6.54 Å². The Labute approximate surface area is 138 Å². The fourth-order valence-electron chi connectivity index (χ4n) is 2.98. The second-order valence-corrected chi connectivity index (χ2v) is 6.91. The summed E-state index contributed by atoms with van der Waals surface area (Å²) in [6.07, 6.45) is 1.56. The minimum Gasteiger partial charge on any atom is -0.354 e. The van der Waals surface area contributed by atoms with E-state index in [4.69, 9.17) is 0 Å². The Hall–Kier alpha value is -2.06. The van der Waals surface area contributed by atoms with Crippen LogP contribution < -0.4 is 4.90 Å². The van der Waals surface area contributed by atoms with Crippen LogP contribution >= 0.6 is 11.3 Å². The molecular formula is C15H19N7S. The van der Waals surface area contributed by atoms with Gasteiger partial charge in [0.05, 0.1) is 10.7 Å². The number of hydrogen-bond donors (Lipinski definition) is 0. The van der Waals surface area contributed by atoms with Crippen LogP contribution in [0.5, 0.6) is 0 Å². The van der Waals surface area contributed by atoms with E-state index in [1.165, 1.54) is 5.69 Å². The molecule has 1 aliphatic heterocycles. The molecule has 120 valence electrons. The lowest BCUT2D eigenvalue weighted by atomic mass is 10.3. The largest absolute Gasteiger partial charge is 0.354 e. The van der Waals surface area contributed by atoms with Gasteiger partial charge < -0.3 is 4.90 Å². The van der Waals surface area contributed by atoms with Gasteiger partial charge in [-0.05, 0) is 13.8 Å². The highest BCUT2D eigenvalue weighted by molar-refractivity contribution is 7.09. The van der Waals surface area contributed by atoms with Gasteiger partial charge in [-0.3, -0.25) is 4.90 Å². The molecule has 0 N–H and O–H groups in total. The number of rotatable bonds is 3. The zero-order valence-corrected chi connectivity index (χ0v) is 14.1. The first-order valence-corrected chi connectivity index (χ1v) is 8.63. The molecule has 1 fully saturated rings. The van der Waals surface area contributed by atoms with E-state index in [0.717, 1.165) is 49.2 Å². The van der Waals surface area contributed by atoms with Crippen molar-refractivity contribution in [3.05, 3.63) is 34.2 Å². The highest BCUT2D eigenvalue weighted by atomic mass is 32.1. The summed E-state index contributed by atoms with van der Waals surface area (Å²) in [6, 6.07) is 2.08. The highest BCUT2D eigenvalue weighted by Crippen LogP contribution is 2.19. The standard InChI is InChI=1S/C15H19N7S/c1-11-7-14(22-15(18-11)16-10-17-22)21-5-3-20(4-6-21)8-13-9-23-12(2)19-13/h7,9-10H,3-6,8H2,1-2H3. The van der Waals surface area contributed by atoms with Crippen molar-refractivity contribution < 1.29 is 0 Å². The smallest absolute Gasteiger partial charge is 0.254 e. The molecule has 1 aliphatic rings. The van der Waals surface area contributed by atoms with Gasteiger partial charge in [-0.25, -0.2) is 9.97 Å². The van der Waals surface area contributed by atoms with Crippen LogP contribution in [0, 0.1) is 13.8 Å². The molecule has 0 aliphatic carbocycles. The number of thiazole rings is 1. The first-order chi connectivity index (χ1) is 11.2. The van der Waals surface area contributed by atoms with E-state index in [9.17, 15) is 0 Å². The molecule has 0 atom stereocenters. The maximum atomic E-state index is 4.56. The summed E-state index contributed by atoms with van der Waals surface area (Å²) in [5.74, 6) is 1.74. The van der Waals surface area contributed by atoms with E-state index in [1.54, 1.807) is 17.7 Å². The number of fused-ring (bicyclic) bond motifs is 1. The molecule has 0 spiro atoms. The van der Waals surface area contributed by atoms with Gasteiger partial charge in [0.1, 0.15) is 12.1 Å². The van der Waals surface area contributed by atoms with Gasteiger partial charge in [0, 0.05) is 49.9 Å².